The quantitative estimate of drug-likeness (QED) is 0.725. The summed E-state index contributed by atoms with van der Waals surface area (Å²) in [6.45, 7) is 3.37. The van der Waals surface area contributed by atoms with Crippen molar-refractivity contribution in [2.45, 2.75) is 19.5 Å². The lowest BCUT2D eigenvalue weighted by atomic mass is 10.2. The highest BCUT2D eigenvalue weighted by Crippen LogP contribution is 2.25. The average molecular weight is 312 g/mol. The molecule has 0 spiro atoms. The normalized spacial score (nSPS) is 12.4. The first-order chi connectivity index (χ1) is 11.2. The number of anilines is 2. The summed E-state index contributed by atoms with van der Waals surface area (Å²) in [7, 11) is 1.68. The van der Waals surface area contributed by atoms with Gasteiger partial charge in [0.15, 0.2) is 5.82 Å². The molecule has 3 aromatic rings. The van der Waals surface area contributed by atoms with Crippen molar-refractivity contribution in [2.75, 3.05) is 24.8 Å². The first-order valence-electron chi connectivity index (χ1n) is 7.48. The number of ether oxygens (including phenoxy) is 1. The van der Waals surface area contributed by atoms with Crippen LogP contribution in [0.15, 0.2) is 36.7 Å². The van der Waals surface area contributed by atoms with Crippen molar-refractivity contribution in [3.8, 4) is 0 Å². The molecule has 0 aliphatic carbocycles. The summed E-state index contributed by atoms with van der Waals surface area (Å²) in [6, 6.07) is 7.77. The maximum atomic E-state index is 5.84. The minimum atomic E-state index is -0.000486. The molecule has 0 aliphatic rings. The van der Waals surface area contributed by atoms with Crippen LogP contribution < -0.4 is 11.1 Å². The zero-order chi connectivity index (χ0) is 16.2. The van der Waals surface area contributed by atoms with Crippen LogP contribution in [0.2, 0.25) is 0 Å². The van der Waals surface area contributed by atoms with Gasteiger partial charge in [0.2, 0.25) is 5.95 Å². The summed E-state index contributed by atoms with van der Waals surface area (Å²) >= 11 is 0. The van der Waals surface area contributed by atoms with Crippen LogP contribution in [0.3, 0.4) is 0 Å². The monoisotopic (exact) mass is 312 g/mol. The molecule has 0 aromatic carbocycles. The number of hydrogen-bond acceptors (Lipinski definition) is 6. The summed E-state index contributed by atoms with van der Waals surface area (Å²) in [5, 5.41) is 3.39. The minimum absolute atomic E-state index is 0.000486. The van der Waals surface area contributed by atoms with Gasteiger partial charge in [-0.1, -0.05) is 6.07 Å². The molecule has 3 N–H and O–H groups in total. The molecule has 0 aliphatic heterocycles. The molecule has 3 aromatic heterocycles. The van der Waals surface area contributed by atoms with Crippen molar-refractivity contribution >= 4 is 22.8 Å². The van der Waals surface area contributed by atoms with E-state index >= 15 is 0 Å². The van der Waals surface area contributed by atoms with E-state index in [4.69, 9.17) is 10.5 Å². The standard InChI is InChI=1S/C16H20N6O/c1-11(12-5-3-4-7-18-12)19-15-14-13(20-16(17)21-15)6-8-22(14)9-10-23-2/h3-8,11H,9-10H2,1-2H3,(H3,17,19,20,21)/t11-/m0/s1. The van der Waals surface area contributed by atoms with Gasteiger partial charge < -0.3 is 20.4 Å². The van der Waals surface area contributed by atoms with Gasteiger partial charge in [-0.05, 0) is 25.1 Å². The topological polar surface area (TPSA) is 90.9 Å². The SMILES string of the molecule is COCCn1ccc2nc(N)nc(N[C@@H](C)c3ccccn3)c21. The van der Waals surface area contributed by atoms with E-state index in [1.807, 2.05) is 37.4 Å². The second-order valence-corrected chi connectivity index (χ2v) is 5.29. The van der Waals surface area contributed by atoms with Crippen molar-refractivity contribution in [3.05, 3.63) is 42.4 Å². The van der Waals surface area contributed by atoms with Gasteiger partial charge in [0.25, 0.3) is 0 Å². The van der Waals surface area contributed by atoms with Gasteiger partial charge in [0.1, 0.15) is 5.52 Å². The molecule has 0 amide bonds. The number of nitrogens with one attached hydrogen (secondary N) is 1. The molecule has 0 fully saturated rings. The Balaban J connectivity index is 1.96. The molecule has 7 nitrogen and oxygen atoms in total. The third-order valence-electron chi connectivity index (χ3n) is 3.65. The lowest BCUT2D eigenvalue weighted by molar-refractivity contribution is 0.188. The molecule has 0 saturated heterocycles. The summed E-state index contributed by atoms with van der Waals surface area (Å²) in [4.78, 5) is 13.0. The summed E-state index contributed by atoms with van der Waals surface area (Å²) in [6.07, 6.45) is 3.74. The van der Waals surface area contributed by atoms with Crippen LogP contribution in [-0.4, -0.2) is 33.2 Å². The van der Waals surface area contributed by atoms with Crippen LogP contribution in [0, 0.1) is 0 Å². The molecule has 0 bridgehead atoms. The lowest BCUT2D eigenvalue weighted by Gasteiger charge is -2.16. The number of fused-ring (bicyclic) bond motifs is 1. The van der Waals surface area contributed by atoms with Gasteiger partial charge >= 0.3 is 0 Å². The molecule has 23 heavy (non-hydrogen) atoms. The Labute approximate surface area is 134 Å². The molecule has 7 heteroatoms. The van der Waals surface area contributed by atoms with E-state index < -0.39 is 0 Å². The van der Waals surface area contributed by atoms with Gasteiger partial charge in [-0.2, -0.15) is 4.98 Å². The third-order valence-corrected chi connectivity index (χ3v) is 3.65. The predicted octanol–water partition coefficient (Wildman–Crippen LogP) is 2.23. The molecule has 3 rings (SSSR count). The highest BCUT2D eigenvalue weighted by Gasteiger charge is 2.14. The van der Waals surface area contributed by atoms with Gasteiger partial charge in [-0.3, -0.25) is 4.98 Å². The average Bonchev–Trinajstić information content (AvgIpc) is 2.96. The Morgan fingerprint density at radius 3 is 2.91 bits per heavy atom. The van der Waals surface area contributed by atoms with Crippen LogP contribution in [0.5, 0.6) is 0 Å². The number of pyridine rings is 1. The van der Waals surface area contributed by atoms with Crippen LogP contribution in [0.25, 0.3) is 11.0 Å². The molecular formula is C16H20N6O. The van der Waals surface area contributed by atoms with E-state index in [1.54, 1.807) is 13.3 Å². The first-order valence-corrected chi connectivity index (χ1v) is 7.48. The van der Waals surface area contributed by atoms with E-state index in [0.717, 1.165) is 23.3 Å². The number of hydrogen-bond donors (Lipinski definition) is 2. The summed E-state index contributed by atoms with van der Waals surface area (Å²) < 4.78 is 7.22. The zero-order valence-electron chi connectivity index (χ0n) is 13.2. The van der Waals surface area contributed by atoms with Gasteiger partial charge in [0.05, 0.1) is 23.9 Å². The van der Waals surface area contributed by atoms with E-state index in [0.29, 0.717) is 12.4 Å². The fourth-order valence-corrected chi connectivity index (χ4v) is 2.51. The van der Waals surface area contributed by atoms with Crippen molar-refractivity contribution in [1.29, 1.82) is 0 Å². The minimum Gasteiger partial charge on any atom is -0.383 e. The predicted molar refractivity (Wildman–Crippen MR) is 90.1 cm³/mol. The smallest absolute Gasteiger partial charge is 0.222 e. The summed E-state index contributed by atoms with van der Waals surface area (Å²) in [5.74, 6) is 0.949. The van der Waals surface area contributed by atoms with Crippen LogP contribution in [-0.2, 0) is 11.3 Å². The maximum Gasteiger partial charge on any atom is 0.222 e. The molecule has 0 unspecified atom stereocenters. The van der Waals surface area contributed by atoms with Crippen molar-refractivity contribution < 1.29 is 4.74 Å². The van der Waals surface area contributed by atoms with Crippen molar-refractivity contribution in [2.24, 2.45) is 0 Å². The van der Waals surface area contributed by atoms with Gasteiger partial charge in [-0.15, -0.1) is 0 Å². The third kappa shape index (κ3) is 3.24. The molecular weight excluding hydrogens is 292 g/mol. The Kier molecular flexibility index (Phi) is 4.38. The molecule has 1 atom stereocenters. The largest absolute Gasteiger partial charge is 0.383 e. The molecule has 3 heterocycles. The number of nitrogen functional groups attached to an aromatic ring is 1. The number of nitrogens with zero attached hydrogens (tertiary/aromatic N) is 4. The highest BCUT2D eigenvalue weighted by atomic mass is 16.5. The fourth-order valence-electron chi connectivity index (χ4n) is 2.51. The maximum absolute atomic E-state index is 5.84. The van der Waals surface area contributed by atoms with Crippen LogP contribution in [0.4, 0.5) is 11.8 Å². The van der Waals surface area contributed by atoms with Gasteiger partial charge in [0, 0.05) is 26.0 Å². The Morgan fingerprint density at radius 2 is 2.17 bits per heavy atom. The Morgan fingerprint density at radius 1 is 1.30 bits per heavy atom. The van der Waals surface area contributed by atoms with Gasteiger partial charge in [-0.25, -0.2) is 4.98 Å². The second-order valence-electron chi connectivity index (χ2n) is 5.29. The van der Waals surface area contributed by atoms with Crippen molar-refractivity contribution in [1.82, 2.24) is 19.5 Å². The lowest BCUT2D eigenvalue weighted by Crippen LogP contribution is -2.13. The molecule has 0 saturated carbocycles. The van der Waals surface area contributed by atoms with E-state index in [9.17, 15) is 0 Å². The highest BCUT2D eigenvalue weighted by molar-refractivity contribution is 5.87. The number of methoxy groups -OCH3 is 1. The summed E-state index contributed by atoms with van der Waals surface area (Å²) in [5.41, 5.74) is 8.50. The number of aromatic nitrogens is 4. The molecule has 120 valence electrons. The fraction of sp³-hybridized carbons (Fsp3) is 0.312. The number of nitrogens with two attached hydrogens (primary N) is 1. The first kappa shape index (κ1) is 15.2. The molecule has 0 radical (unpaired) electrons. The van der Waals surface area contributed by atoms with Crippen molar-refractivity contribution in [3.63, 3.8) is 0 Å². The Bertz CT molecular complexity index is 786. The second kappa shape index (κ2) is 6.62. The van der Waals surface area contributed by atoms with Crippen LogP contribution in [0.1, 0.15) is 18.7 Å². The van der Waals surface area contributed by atoms with Crippen LogP contribution >= 0.6 is 0 Å². The zero-order valence-corrected chi connectivity index (χ0v) is 13.2. The number of rotatable bonds is 6. The van der Waals surface area contributed by atoms with E-state index in [1.165, 1.54) is 0 Å². The van der Waals surface area contributed by atoms with E-state index in [2.05, 4.69) is 24.8 Å². The Hall–Kier alpha value is -2.67. The van der Waals surface area contributed by atoms with E-state index in [-0.39, 0.29) is 12.0 Å².